The van der Waals surface area contributed by atoms with Crippen LogP contribution in [0.25, 0.3) is 0 Å². The first-order valence-corrected chi connectivity index (χ1v) is 11.8. The fourth-order valence-corrected chi connectivity index (χ4v) is 5.12. The van der Waals surface area contributed by atoms with Crippen molar-refractivity contribution in [1.82, 2.24) is 9.55 Å². The van der Waals surface area contributed by atoms with E-state index in [0.717, 1.165) is 30.6 Å². The van der Waals surface area contributed by atoms with Gasteiger partial charge in [0.2, 0.25) is 0 Å². The number of amides is 1. The molecule has 3 heterocycles. The van der Waals surface area contributed by atoms with Gasteiger partial charge in [-0.1, -0.05) is 36.4 Å². The summed E-state index contributed by atoms with van der Waals surface area (Å²) < 4.78 is 1.86. The molecule has 0 bridgehead atoms. The normalized spacial score (nSPS) is 15.4. The summed E-state index contributed by atoms with van der Waals surface area (Å²) in [4.78, 5) is 20.2. The number of carbonyl (C=O) groups excluding carboxylic acids is 1. The predicted octanol–water partition coefficient (Wildman–Crippen LogP) is 5.46. The van der Waals surface area contributed by atoms with Gasteiger partial charge in [0.05, 0.1) is 23.4 Å². The number of nitriles is 1. The van der Waals surface area contributed by atoms with Gasteiger partial charge in [-0.15, -0.1) is 11.3 Å². The van der Waals surface area contributed by atoms with E-state index in [2.05, 4.69) is 40.6 Å². The van der Waals surface area contributed by atoms with E-state index in [9.17, 15) is 10.1 Å². The third kappa shape index (κ3) is 4.38. The molecule has 1 aliphatic heterocycles. The number of nitrogens with zero attached hydrogens (tertiary/aromatic N) is 4. The minimum Gasteiger partial charge on any atom is -0.363 e. The molecule has 0 saturated carbocycles. The highest BCUT2D eigenvalue weighted by Gasteiger charge is 2.28. The highest BCUT2D eigenvalue weighted by molar-refractivity contribution is 7.14. The molecule has 6 nitrogen and oxygen atoms in total. The fourth-order valence-electron chi connectivity index (χ4n) is 4.37. The SMILES string of the molecule is N#Cc1ccccc1Cn1cccc1C(=O)Nc1nc([C@H]2CCCN2c2ccccc2)cs1. The van der Waals surface area contributed by atoms with E-state index in [1.165, 1.54) is 17.0 Å². The molecule has 164 valence electrons. The molecular formula is C26H23N5OS. The van der Waals surface area contributed by atoms with Crippen molar-refractivity contribution in [2.24, 2.45) is 0 Å². The number of aromatic nitrogens is 2. The molecule has 0 radical (unpaired) electrons. The average Bonchev–Trinajstić information content (AvgIpc) is 3.61. The summed E-state index contributed by atoms with van der Waals surface area (Å²) in [7, 11) is 0. The third-order valence-corrected chi connectivity index (χ3v) is 6.74. The zero-order valence-electron chi connectivity index (χ0n) is 18.0. The molecular weight excluding hydrogens is 430 g/mol. The number of anilines is 2. The molecule has 0 spiro atoms. The Bertz CT molecular complexity index is 1300. The lowest BCUT2D eigenvalue weighted by Gasteiger charge is -2.25. The van der Waals surface area contributed by atoms with Gasteiger partial charge in [0.1, 0.15) is 5.69 Å². The second-order valence-corrected chi connectivity index (χ2v) is 8.87. The second kappa shape index (κ2) is 9.31. The number of hydrogen-bond acceptors (Lipinski definition) is 5. The van der Waals surface area contributed by atoms with Crippen LogP contribution in [-0.2, 0) is 6.54 Å². The van der Waals surface area contributed by atoms with Gasteiger partial charge >= 0.3 is 0 Å². The molecule has 1 fully saturated rings. The summed E-state index contributed by atoms with van der Waals surface area (Å²) in [6.07, 6.45) is 4.02. The molecule has 2 aromatic carbocycles. The van der Waals surface area contributed by atoms with Crippen LogP contribution >= 0.6 is 11.3 Å². The Morgan fingerprint density at radius 2 is 1.94 bits per heavy atom. The Hall–Kier alpha value is -3.89. The third-order valence-electron chi connectivity index (χ3n) is 5.97. The summed E-state index contributed by atoms with van der Waals surface area (Å²) in [6, 6.07) is 23.9. The smallest absolute Gasteiger partial charge is 0.274 e. The van der Waals surface area contributed by atoms with Gasteiger partial charge < -0.3 is 9.47 Å². The van der Waals surface area contributed by atoms with Gasteiger partial charge in [-0.3, -0.25) is 10.1 Å². The maximum Gasteiger partial charge on any atom is 0.274 e. The lowest BCUT2D eigenvalue weighted by Crippen LogP contribution is -2.22. The minimum atomic E-state index is -0.207. The zero-order chi connectivity index (χ0) is 22.6. The van der Waals surface area contributed by atoms with Crippen molar-refractivity contribution in [1.29, 1.82) is 5.26 Å². The Labute approximate surface area is 196 Å². The van der Waals surface area contributed by atoms with E-state index in [4.69, 9.17) is 4.98 Å². The largest absolute Gasteiger partial charge is 0.363 e. The summed E-state index contributed by atoms with van der Waals surface area (Å²) in [5.74, 6) is -0.207. The van der Waals surface area contributed by atoms with Crippen molar-refractivity contribution in [2.45, 2.75) is 25.4 Å². The van der Waals surface area contributed by atoms with E-state index < -0.39 is 0 Å². The molecule has 1 N–H and O–H groups in total. The van der Waals surface area contributed by atoms with Crippen molar-refractivity contribution in [2.75, 3.05) is 16.8 Å². The van der Waals surface area contributed by atoms with Crippen LogP contribution < -0.4 is 10.2 Å². The molecule has 7 heteroatoms. The molecule has 2 aromatic heterocycles. The van der Waals surface area contributed by atoms with Crippen LogP contribution in [0.4, 0.5) is 10.8 Å². The predicted molar refractivity (Wildman–Crippen MR) is 131 cm³/mol. The van der Waals surface area contributed by atoms with Gasteiger partial charge in [-0.25, -0.2) is 4.98 Å². The quantitative estimate of drug-likeness (QED) is 0.421. The molecule has 33 heavy (non-hydrogen) atoms. The van der Waals surface area contributed by atoms with Crippen LogP contribution in [0.3, 0.4) is 0 Å². The van der Waals surface area contributed by atoms with Crippen molar-refractivity contribution >= 4 is 28.1 Å². The van der Waals surface area contributed by atoms with Crippen LogP contribution in [0.2, 0.25) is 0 Å². The van der Waals surface area contributed by atoms with Crippen LogP contribution in [0, 0.1) is 11.3 Å². The highest BCUT2D eigenvalue weighted by atomic mass is 32.1. The molecule has 1 aliphatic rings. The van der Waals surface area contributed by atoms with Crippen molar-refractivity contribution in [3.05, 3.63) is 101 Å². The van der Waals surface area contributed by atoms with Gasteiger partial charge in [-0.2, -0.15) is 5.26 Å². The van der Waals surface area contributed by atoms with E-state index in [0.29, 0.717) is 22.9 Å². The monoisotopic (exact) mass is 453 g/mol. The van der Waals surface area contributed by atoms with E-state index in [-0.39, 0.29) is 11.9 Å². The highest BCUT2D eigenvalue weighted by Crippen LogP contribution is 2.37. The Kier molecular flexibility index (Phi) is 5.92. The van der Waals surface area contributed by atoms with Crippen molar-refractivity contribution in [3.8, 4) is 6.07 Å². The summed E-state index contributed by atoms with van der Waals surface area (Å²) >= 11 is 1.45. The molecule has 5 rings (SSSR count). The summed E-state index contributed by atoms with van der Waals surface area (Å²) in [5, 5.41) is 15.0. The maximum atomic E-state index is 13.0. The van der Waals surface area contributed by atoms with Crippen LogP contribution in [0.5, 0.6) is 0 Å². The van der Waals surface area contributed by atoms with Gasteiger partial charge in [-0.05, 0) is 48.7 Å². The van der Waals surface area contributed by atoms with Crippen molar-refractivity contribution < 1.29 is 4.79 Å². The zero-order valence-corrected chi connectivity index (χ0v) is 18.8. The van der Waals surface area contributed by atoms with Gasteiger partial charge in [0.15, 0.2) is 5.13 Å². The number of thiazole rings is 1. The summed E-state index contributed by atoms with van der Waals surface area (Å²) in [6.45, 7) is 1.46. The Balaban J connectivity index is 1.30. The van der Waals surface area contributed by atoms with E-state index in [1.54, 1.807) is 12.1 Å². The fraction of sp³-hybridized carbons (Fsp3) is 0.192. The van der Waals surface area contributed by atoms with Crippen LogP contribution in [0.1, 0.15) is 46.2 Å². The second-order valence-electron chi connectivity index (χ2n) is 8.01. The molecule has 1 saturated heterocycles. The first kappa shape index (κ1) is 21.0. The molecule has 0 unspecified atom stereocenters. The maximum absolute atomic E-state index is 13.0. The van der Waals surface area contributed by atoms with Gasteiger partial charge in [0, 0.05) is 30.4 Å². The topological polar surface area (TPSA) is 74.0 Å². The number of nitrogens with one attached hydrogen (secondary N) is 1. The number of rotatable bonds is 6. The molecule has 4 aromatic rings. The molecule has 1 atom stereocenters. The first-order valence-electron chi connectivity index (χ1n) is 10.9. The lowest BCUT2D eigenvalue weighted by atomic mass is 10.1. The van der Waals surface area contributed by atoms with E-state index in [1.807, 2.05) is 46.5 Å². The number of benzene rings is 2. The molecule has 1 amide bonds. The summed E-state index contributed by atoms with van der Waals surface area (Å²) in [5.41, 5.74) is 4.22. The van der Waals surface area contributed by atoms with Crippen LogP contribution in [-0.4, -0.2) is 22.0 Å². The lowest BCUT2D eigenvalue weighted by molar-refractivity contribution is 0.101. The molecule has 0 aliphatic carbocycles. The Morgan fingerprint density at radius 1 is 1.12 bits per heavy atom. The standard InChI is InChI=1S/C26H23N5OS/c27-16-19-8-4-5-9-20(19)17-30-14-6-13-24(30)25(32)29-26-28-22(18-33-26)23-12-7-15-31(23)21-10-2-1-3-11-21/h1-6,8-11,13-14,18,23H,7,12,15,17H2,(H,28,29,32)/t23-/m1/s1. The van der Waals surface area contributed by atoms with Gasteiger partial charge in [0.25, 0.3) is 5.91 Å². The van der Waals surface area contributed by atoms with Crippen molar-refractivity contribution in [3.63, 3.8) is 0 Å². The number of carbonyl (C=O) groups is 1. The number of hydrogen-bond donors (Lipinski definition) is 1. The number of para-hydroxylation sites is 1. The Morgan fingerprint density at radius 3 is 2.79 bits per heavy atom. The van der Waals surface area contributed by atoms with Crippen LogP contribution in [0.15, 0.2) is 78.3 Å². The minimum absolute atomic E-state index is 0.207. The van der Waals surface area contributed by atoms with E-state index >= 15 is 0 Å². The first-order chi connectivity index (χ1) is 16.2. The average molecular weight is 454 g/mol.